The molecule has 6 aromatic heterocycles. The highest BCUT2D eigenvalue weighted by Crippen LogP contribution is 2.58. The summed E-state index contributed by atoms with van der Waals surface area (Å²) in [5.41, 5.74) is 42.3. The molecule has 0 atom stereocenters. The van der Waals surface area contributed by atoms with E-state index in [0.717, 1.165) is 93.3 Å². The highest BCUT2D eigenvalue weighted by atomic mass is 35.5. The Kier molecular flexibility index (Phi) is 21.6. The van der Waals surface area contributed by atoms with E-state index < -0.39 is 41.2 Å². The number of carbonyl (C=O) groups is 6. The molecule has 12 N–H and O–H groups in total. The summed E-state index contributed by atoms with van der Waals surface area (Å²) < 4.78 is 89.0. The van der Waals surface area contributed by atoms with Gasteiger partial charge in [0.15, 0.2) is 0 Å². The summed E-state index contributed by atoms with van der Waals surface area (Å²) in [6, 6.07) is 15.7. The van der Waals surface area contributed by atoms with E-state index >= 15 is 0 Å². The molecule has 7 fully saturated rings. The van der Waals surface area contributed by atoms with E-state index in [1.165, 1.54) is 51.8 Å². The number of hydrogen-bond acceptors (Lipinski definition) is 15. The van der Waals surface area contributed by atoms with Gasteiger partial charge in [-0.2, -0.15) is 56.9 Å². The van der Waals surface area contributed by atoms with Gasteiger partial charge in [0.05, 0.1) is 67.0 Å². The Hall–Kier alpha value is -12.3. The van der Waals surface area contributed by atoms with E-state index in [2.05, 4.69) is 80.2 Å². The van der Waals surface area contributed by atoms with Gasteiger partial charge in [-0.15, -0.1) is 0 Å². The fourth-order valence-electron chi connectivity index (χ4n) is 17.6. The number of nitrogens with zero attached hydrogens (tertiary/aromatic N) is 15. The predicted octanol–water partition coefficient (Wildman–Crippen LogP) is 10.3. The van der Waals surface area contributed by atoms with Gasteiger partial charge in [0.1, 0.15) is 51.2 Å². The van der Waals surface area contributed by atoms with Crippen LogP contribution in [-0.2, 0) is 46.4 Å². The van der Waals surface area contributed by atoms with Gasteiger partial charge in [0, 0.05) is 79.6 Å². The monoisotopic (exact) mass is 1610 g/mol. The fraction of sp³-hybridized carbons (Fsp3) is 0.415. The molecule has 4 aliphatic carbocycles. The molecule has 6 amide bonds. The summed E-state index contributed by atoms with van der Waals surface area (Å²) in [6.45, 7) is 13.1. The Morgan fingerprint density at radius 3 is 1.30 bits per heavy atom. The first-order valence-electron chi connectivity index (χ1n) is 38.0. The Bertz CT molecular complexity index is 5400. The smallest absolute Gasteiger partial charge is 0.383 e. The van der Waals surface area contributed by atoms with Gasteiger partial charge in [-0.1, -0.05) is 65.3 Å². The second-order valence-corrected chi connectivity index (χ2v) is 32.2. The Balaban J connectivity index is 0.000000143. The van der Waals surface area contributed by atoms with E-state index in [0.29, 0.717) is 91.1 Å². The number of hydrogen-bond donors (Lipinski definition) is 6. The molecule has 0 radical (unpaired) electrons. The number of nitrogen functional groups attached to an aromatic ring is 3. The third kappa shape index (κ3) is 16.4. The summed E-state index contributed by atoms with van der Waals surface area (Å²) >= 11 is 5.90. The number of amides is 6. The van der Waals surface area contributed by atoms with Gasteiger partial charge < -0.3 is 49.1 Å². The van der Waals surface area contributed by atoms with E-state index in [1.54, 1.807) is 70.0 Å². The van der Waals surface area contributed by atoms with E-state index in [-0.39, 0.29) is 110 Å². The molecule has 3 spiro atoms. The minimum absolute atomic E-state index is 0.00844. The first-order chi connectivity index (χ1) is 55.0. The topological polar surface area (TPSA) is 375 Å². The van der Waals surface area contributed by atoms with Gasteiger partial charge >= 0.3 is 12.4 Å². The second kappa shape index (κ2) is 31.1. The summed E-state index contributed by atoms with van der Waals surface area (Å²) in [5.74, 6) is 14.5. The van der Waals surface area contributed by atoms with Gasteiger partial charge in [-0.25, -0.2) is 14.0 Å². The molecule has 3 aromatic carbocycles. The van der Waals surface area contributed by atoms with E-state index in [4.69, 9.17) is 56.2 Å². The lowest BCUT2D eigenvalue weighted by atomic mass is 9.65. The number of halogens is 7. The molecule has 7 aliphatic rings. The number of nitrogens with two attached hydrogens (primary N) is 6. The Morgan fingerprint density at radius 1 is 0.500 bits per heavy atom. The maximum atomic E-state index is 13.2. The molecule has 0 bridgehead atoms. The standard InChI is InChI=1S/C29H33N7O2.C27H28F3N7O2.C26H25ClF3N7O2/c1-3-5-24(37)34-11-10-29(17-34)13-22(14-29)36-27(30)25(28(31)38)26(33-36)23-16-35(32-18(23)2)15-19-6-4-7-21(12-19)20-8-9-20;1-3-4-21(38)35-6-5-26(15-35)10-20(11-26)37-24(31)22(25(32)39)23(34-37)18-12-33-36(14-18)13-17-7-16(2)8-19(9-17)27(28,29)30;1-2-3-20(38)35-5-4-25(14-35)9-19(10-25)37-23(31)21(24(32)39)22(34-37)16-11-33-36(13-16)12-15-6-17(26(28,29)30)8-18(27)7-15/h4,6-7,12,16,20,22H,8-11,13-15,17,30H2,1-2H3,(H2,31,38);7-9,12,14,20H,5-6,10-11,13,15,31H2,1-2H3,(H2,32,39);6-8,11,13,19H,4-5,9-10,12,14,31H2,1H3,(H2,32,39). The molecule has 604 valence electrons. The second-order valence-electron chi connectivity index (χ2n) is 31.7. The van der Waals surface area contributed by atoms with Crippen molar-refractivity contribution < 1.29 is 55.1 Å². The van der Waals surface area contributed by atoms with Gasteiger partial charge in [0.2, 0.25) is 0 Å². The third-order valence-electron chi connectivity index (χ3n) is 23.3. The van der Waals surface area contributed by atoms with Crippen LogP contribution in [-0.4, -0.2) is 148 Å². The van der Waals surface area contributed by atoms with Crippen LogP contribution in [0.2, 0.25) is 5.02 Å². The molecule has 27 nitrogen and oxygen atoms in total. The van der Waals surface area contributed by atoms with Crippen molar-refractivity contribution in [1.82, 2.24) is 73.4 Å². The number of aryl methyl sites for hydroxylation is 2. The molecule has 0 unspecified atom stereocenters. The van der Waals surface area contributed by atoms with Gasteiger partial charge in [0.25, 0.3) is 35.4 Å². The quantitative estimate of drug-likeness (QED) is 0.0387. The first-order valence-corrected chi connectivity index (χ1v) is 38.3. The highest BCUT2D eigenvalue weighted by Gasteiger charge is 2.54. The number of alkyl halides is 6. The number of likely N-dealkylation sites (tertiary alicyclic amines) is 3. The first kappa shape index (κ1) is 80.3. The zero-order chi connectivity index (χ0) is 82.8. The number of aromatic nitrogens is 12. The number of primary amides is 3. The average Bonchev–Trinajstić information content (AvgIpc) is 1.59. The van der Waals surface area contributed by atoms with E-state index in [1.807, 2.05) is 22.7 Å². The van der Waals surface area contributed by atoms with Crippen LogP contribution in [0.15, 0.2) is 91.6 Å². The van der Waals surface area contributed by atoms with Crippen molar-refractivity contribution >= 4 is 64.5 Å². The lowest BCUT2D eigenvalue weighted by Gasteiger charge is -2.45. The largest absolute Gasteiger partial charge is 0.416 e. The molecule has 4 saturated carbocycles. The SMILES string of the molecule is CC#CC(=O)N1CCC2(CC(n3nc(-c4cn(Cc5cccc(C6CC6)c5)nc4C)c(C(N)=O)c3N)C2)C1.CC#CC(=O)N1CCC2(CC(n3nc(-c4cnn(Cc5cc(C)cc(C(F)(F)F)c5)c4)c(C(N)=O)c3N)C2)C1.CC#CC(=O)N1CCC2(CC(n3nc(-c4cnn(Cc5cc(Cl)cc(C(F)(F)F)c5)c4)c(C(N)=O)c3N)C2)C1. The van der Waals surface area contributed by atoms with Crippen LogP contribution in [0.4, 0.5) is 43.8 Å². The predicted molar refractivity (Wildman–Crippen MR) is 418 cm³/mol. The lowest BCUT2D eigenvalue weighted by Crippen LogP contribution is -2.42. The minimum atomic E-state index is -4.54. The van der Waals surface area contributed by atoms with Gasteiger partial charge in [-0.05, 0) is 198 Å². The zero-order valence-electron chi connectivity index (χ0n) is 64.4. The molecular formula is C82H86ClF6N21O6. The number of carbonyl (C=O) groups excluding carboxylic acids is 6. The van der Waals surface area contributed by atoms with Crippen LogP contribution in [0.25, 0.3) is 33.8 Å². The average molecular weight is 1610 g/mol. The van der Waals surface area contributed by atoms with Crippen molar-refractivity contribution in [2.75, 3.05) is 56.5 Å². The molecule has 34 heteroatoms. The molecule has 16 rings (SSSR count). The Morgan fingerprint density at radius 2 is 0.897 bits per heavy atom. The summed E-state index contributed by atoms with van der Waals surface area (Å²) in [4.78, 5) is 79.1. The molecule has 3 saturated heterocycles. The maximum Gasteiger partial charge on any atom is 0.416 e. The van der Waals surface area contributed by atoms with Crippen LogP contribution in [0.1, 0.15) is 191 Å². The van der Waals surface area contributed by atoms with Crippen LogP contribution < -0.4 is 34.4 Å². The summed E-state index contributed by atoms with van der Waals surface area (Å²) in [6.07, 6.45) is 8.85. The summed E-state index contributed by atoms with van der Waals surface area (Å²) in [7, 11) is 0. The van der Waals surface area contributed by atoms with Crippen molar-refractivity contribution in [2.24, 2.45) is 33.4 Å². The van der Waals surface area contributed by atoms with Crippen molar-refractivity contribution in [3.8, 4) is 69.3 Å². The van der Waals surface area contributed by atoms with Crippen molar-refractivity contribution in [2.45, 2.75) is 161 Å². The molecule has 116 heavy (non-hydrogen) atoms. The van der Waals surface area contributed by atoms with Crippen molar-refractivity contribution in [3.05, 3.63) is 158 Å². The number of benzene rings is 3. The van der Waals surface area contributed by atoms with Crippen molar-refractivity contribution in [1.29, 1.82) is 0 Å². The maximum absolute atomic E-state index is 13.2. The number of rotatable bonds is 16. The molecule has 9 aromatic rings. The lowest BCUT2D eigenvalue weighted by molar-refractivity contribution is -0.138. The zero-order valence-corrected chi connectivity index (χ0v) is 65.1. The summed E-state index contributed by atoms with van der Waals surface area (Å²) in [5, 5.41) is 27.2. The van der Waals surface area contributed by atoms with Crippen LogP contribution in [0, 0.1) is 65.6 Å². The van der Waals surface area contributed by atoms with Gasteiger partial charge in [-0.3, -0.25) is 42.8 Å². The van der Waals surface area contributed by atoms with Crippen LogP contribution in [0.3, 0.4) is 0 Å². The molecular weight excluding hydrogens is 1520 g/mol. The normalized spacial score (nSPS) is 21.1. The van der Waals surface area contributed by atoms with Crippen LogP contribution in [0.5, 0.6) is 0 Å². The number of anilines is 3. The van der Waals surface area contributed by atoms with E-state index in [9.17, 15) is 55.1 Å². The molecule has 9 heterocycles. The van der Waals surface area contributed by atoms with Crippen molar-refractivity contribution in [3.63, 3.8) is 0 Å². The Labute approximate surface area is 668 Å². The fourth-order valence-corrected chi connectivity index (χ4v) is 17.9. The highest BCUT2D eigenvalue weighted by molar-refractivity contribution is 6.30. The molecule has 3 aliphatic heterocycles. The third-order valence-corrected chi connectivity index (χ3v) is 23.5. The van der Waals surface area contributed by atoms with Crippen LogP contribution >= 0.6 is 11.6 Å². The minimum Gasteiger partial charge on any atom is -0.383 e.